The van der Waals surface area contributed by atoms with Gasteiger partial charge in [0.2, 0.25) is 0 Å². The quantitative estimate of drug-likeness (QED) is 0.119. The van der Waals surface area contributed by atoms with Gasteiger partial charge in [-0.3, -0.25) is 19.7 Å². The van der Waals surface area contributed by atoms with Gasteiger partial charge in [0.1, 0.15) is 18.4 Å². The molecule has 19 heteroatoms. The molecular weight excluding hydrogens is 813 g/mol. The fourth-order valence-corrected chi connectivity index (χ4v) is 7.69. The van der Waals surface area contributed by atoms with Gasteiger partial charge in [0.15, 0.2) is 19.7 Å². The molecule has 2 aliphatic rings. The lowest BCUT2D eigenvalue weighted by Gasteiger charge is -2.34. The van der Waals surface area contributed by atoms with E-state index in [1.807, 2.05) is 5.01 Å². The minimum absolute atomic E-state index is 0.114. The van der Waals surface area contributed by atoms with E-state index in [1.165, 1.54) is 111 Å². The summed E-state index contributed by atoms with van der Waals surface area (Å²) in [5.74, 6) is 0.151. The molecule has 1 amide bonds. The fraction of sp³-hybridized carbons (Fsp3) is 0.366. The van der Waals surface area contributed by atoms with Crippen molar-refractivity contribution < 1.29 is 36.1 Å². The second-order valence-electron chi connectivity index (χ2n) is 14.4. The number of aromatic nitrogens is 4. The number of piperidine rings is 2. The van der Waals surface area contributed by atoms with E-state index in [1.54, 1.807) is 54.7 Å². The topological polar surface area (TPSA) is 200 Å². The Morgan fingerprint density at radius 3 is 1.58 bits per heavy atom. The molecule has 4 heterocycles. The fourth-order valence-electron chi connectivity index (χ4n) is 6.42. The number of hydrogen-bond donors (Lipinski definition) is 0. The van der Waals surface area contributed by atoms with E-state index in [2.05, 4.69) is 21.8 Å². The minimum atomic E-state index is -3.29. The highest BCUT2D eigenvalue weighted by atomic mass is 32.2. The molecule has 2 saturated heterocycles. The zero-order valence-electron chi connectivity index (χ0n) is 34.1. The minimum Gasteiger partial charge on any atom is -0.410 e. The Morgan fingerprint density at radius 2 is 1.15 bits per heavy atom. The van der Waals surface area contributed by atoms with Crippen LogP contribution in [0.15, 0.2) is 108 Å². The molecule has 0 aliphatic carbocycles. The number of hydrogen-bond acceptors (Lipinski definition) is 13. The Balaban J connectivity index is 0.000000192. The Kier molecular flexibility index (Phi) is 15.5. The molecule has 0 spiro atoms. The van der Waals surface area contributed by atoms with E-state index in [4.69, 9.17) is 4.74 Å². The second kappa shape index (κ2) is 20.5. The van der Waals surface area contributed by atoms with Crippen LogP contribution in [-0.2, 0) is 19.7 Å². The van der Waals surface area contributed by atoms with Gasteiger partial charge in [-0.2, -0.15) is 0 Å². The maximum atomic E-state index is 12.6. The molecule has 0 radical (unpaired) electrons. The summed E-state index contributed by atoms with van der Waals surface area (Å²) >= 11 is 0. The van der Waals surface area contributed by atoms with Crippen LogP contribution in [0.3, 0.4) is 0 Å². The van der Waals surface area contributed by atoms with Gasteiger partial charge in [0.05, 0.1) is 26.1 Å². The average molecular weight is 863 g/mol. The van der Waals surface area contributed by atoms with Gasteiger partial charge in [-0.05, 0) is 81.7 Å². The van der Waals surface area contributed by atoms with Gasteiger partial charge in [0, 0.05) is 68.3 Å². The number of nitro benzene ring substituents is 1. The number of carbonyl (C=O) groups is 2. The number of non-ortho nitro benzene ring substituents is 1. The van der Waals surface area contributed by atoms with Gasteiger partial charge < -0.3 is 9.64 Å². The number of benzene rings is 3. The van der Waals surface area contributed by atoms with E-state index < -0.39 is 30.7 Å². The Bertz CT molecular complexity index is 2440. The summed E-state index contributed by atoms with van der Waals surface area (Å²) in [4.78, 5) is 46.2. The molecule has 5 aromatic rings. The van der Waals surface area contributed by atoms with Crippen molar-refractivity contribution in [2.45, 2.75) is 55.2 Å². The van der Waals surface area contributed by atoms with E-state index in [-0.39, 0.29) is 27.3 Å². The van der Waals surface area contributed by atoms with Crippen LogP contribution in [0.5, 0.6) is 5.75 Å². The first-order valence-corrected chi connectivity index (χ1v) is 23.2. The Morgan fingerprint density at radius 1 is 0.700 bits per heavy atom. The lowest BCUT2D eigenvalue weighted by atomic mass is 10.1. The van der Waals surface area contributed by atoms with Gasteiger partial charge in [-0.1, -0.05) is 44.0 Å². The highest BCUT2D eigenvalue weighted by Crippen LogP contribution is 2.23. The van der Waals surface area contributed by atoms with Crippen molar-refractivity contribution in [3.05, 3.63) is 108 Å². The third-order valence-corrected chi connectivity index (χ3v) is 12.2. The summed E-state index contributed by atoms with van der Waals surface area (Å²) in [5.41, 5.74) is 2.36. The van der Waals surface area contributed by atoms with Crippen molar-refractivity contribution in [3.8, 4) is 28.3 Å². The summed E-state index contributed by atoms with van der Waals surface area (Å²) in [6.07, 6.45) is 15.1. The first-order chi connectivity index (χ1) is 28.5. The van der Waals surface area contributed by atoms with E-state index in [0.29, 0.717) is 17.0 Å². The van der Waals surface area contributed by atoms with Crippen molar-refractivity contribution >= 4 is 37.5 Å². The number of hydrazine groups is 1. The summed E-state index contributed by atoms with van der Waals surface area (Å²) < 4.78 is 53.7. The number of sulfone groups is 2. The van der Waals surface area contributed by atoms with E-state index in [9.17, 15) is 36.5 Å². The highest BCUT2D eigenvalue weighted by Gasteiger charge is 2.21. The van der Waals surface area contributed by atoms with Crippen LogP contribution in [0.1, 0.15) is 45.4 Å². The third kappa shape index (κ3) is 12.6. The zero-order chi connectivity index (χ0) is 43.5. The first-order valence-electron chi connectivity index (χ1n) is 19.4. The SMILES string of the molecule is CCN1CCCCC1.CN(C(=O)n1cnc(-c2ccc(S(C)(=O)=O)cc2)c1)N1CCCCC1.CS(=O)(=O)c1ccc(-c2cn(C(=O)Oc3ccc([N+](=O)[O-])cc3)cn2)cc1. The largest absolute Gasteiger partial charge is 0.424 e. The van der Waals surface area contributed by atoms with Crippen LogP contribution >= 0.6 is 0 Å². The van der Waals surface area contributed by atoms with Gasteiger partial charge in [0.25, 0.3) is 5.69 Å². The van der Waals surface area contributed by atoms with Crippen LogP contribution in [-0.4, -0.2) is 120 Å². The molecule has 2 aromatic heterocycles. The molecule has 3 aromatic carbocycles. The average Bonchev–Trinajstić information content (AvgIpc) is 3.96. The predicted octanol–water partition coefficient (Wildman–Crippen LogP) is 6.66. The molecular formula is C41H50N8O9S2. The maximum absolute atomic E-state index is 12.6. The van der Waals surface area contributed by atoms with E-state index >= 15 is 0 Å². The predicted molar refractivity (Wildman–Crippen MR) is 226 cm³/mol. The number of likely N-dealkylation sites (tertiary alicyclic amines) is 1. The van der Waals surface area contributed by atoms with Crippen LogP contribution in [0.4, 0.5) is 15.3 Å². The number of rotatable bonds is 8. The Hall–Kier alpha value is -5.76. The molecule has 2 fully saturated rings. The summed E-state index contributed by atoms with van der Waals surface area (Å²) in [5, 5.41) is 14.3. The number of carbonyl (C=O) groups excluding carboxylic acids is 2. The zero-order valence-corrected chi connectivity index (χ0v) is 35.7. The number of imidazole rings is 2. The molecule has 320 valence electrons. The molecule has 0 N–H and O–H groups in total. The van der Waals surface area contributed by atoms with Gasteiger partial charge in [-0.15, -0.1) is 0 Å². The number of nitrogens with zero attached hydrogens (tertiary/aromatic N) is 8. The molecule has 60 heavy (non-hydrogen) atoms. The highest BCUT2D eigenvalue weighted by molar-refractivity contribution is 7.91. The van der Waals surface area contributed by atoms with Crippen molar-refractivity contribution in [1.82, 2.24) is 34.0 Å². The van der Waals surface area contributed by atoms with Crippen LogP contribution < -0.4 is 4.74 Å². The molecule has 7 rings (SSSR count). The number of ether oxygens (including phenoxy) is 1. The molecule has 0 saturated carbocycles. The standard InChI is InChI=1S/C17H22N4O3S.C17H13N3O6S.C7H15N/c1-19(21-10-4-3-5-11-21)17(22)20-12-16(18-13-20)14-6-8-15(9-7-14)25(2,23)24;1-27(24,25)15-8-2-12(3-9-15)16-10-19(11-18-16)17(21)26-14-6-4-13(5-7-14)20(22)23;1-2-8-6-4-3-5-7-8/h6-9,12-13H,3-5,10-11H2,1-2H3;2-11H,1H3;2-7H2,1H3. The Labute approximate surface area is 350 Å². The molecule has 2 aliphatic heterocycles. The second-order valence-corrected chi connectivity index (χ2v) is 18.4. The summed E-state index contributed by atoms with van der Waals surface area (Å²) in [6, 6.07) is 17.5. The van der Waals surface area contributed by atoms with E-state index in [0.717, 1.165) is 42.3 Å². The lowest BCUT2D eigenvalue weighted by molar-refractivity contribution is -0.384. The number of amides is 1. The smallest absolute Gasteiger partial charge is 0.410 e. The van der Waals surface area contributed by atoms with Crippen molar-refractivity contribution in [2.24, 2.45) is 0 Å². The van der Waals surface area contributed by atoms with Crippen molar-refractivity contribution in [1.29, 1.82) is 0 Å². The van der Waals surface area contributed by atoms with Crippen LogP contribution in [0, 0.1) is 10.1 Å². The van der Waals surface area contributed by atoms with Crippen molar-refractivity contribution in [3.63, 3.8) is 0 Å². The lowest BCUT2D eigenvalue weighted by Crippen LogP contribution is -2.47. The van der Waals surface area contributed by atoms with Crippen LogP contribution in [0.2, 0.25) is 0 Å². The molecule has 0 atom stereocenters. The van der Waals surface area contributed by atoms with Gasteiger partial charge >= 0.3 is 12.1 Å². The maximum Gasteiger partial charge on any atom is 0.424 e. The molecule has 0 unspecified atom stereocenters. The van der Waals surface area contributed by atoms with Crippen LogP contribution in [0.25, 0.3) is 22.5 Å². The van der Waals surface area contributed by atoms with Crippen molar-refractivity contribution in [2.75, 3.05) is 52.3 Å². The molecule has 0 bridgehead atoms. The summed E-state index contributed by atoms with van der Waals surface area (Å²) in [6.45, 7) is 7.95. The first kappa shape index (κ1) is 45.3. The number of nitro groups is 1. The normalized spacial score (nSPS) is 14.8. The monoisotopic (exact) mass is 862 g/mol. The molecule has 17 nitrogen and oxygen atoms in total. The summed E-state index contributed by atoms with van der Waals surface area (Å²) in [7, 11) is -4.75. The third-order valence-electron chi connectivity index (χ3n) is 9.94. The van der Waals surface area contributed by atoms with Gasteiger partial charge in [-0.25, -0.2) is 46.0 Å².